The van der Waals surface area contributed by atoms with Crippen LogP contribution in [-0.4, -0.2) is 11.7 Å². The summed E-state index contributed by atoms with van der Waals surface area (Å²) in [7, 11) is 0. The molecule has 4 atom stereocenters. The van der Waals surface area contributed by atoms with Gasteiger partial charge in [-0.1, -0.05) is 6.42 Å². The van der Waals surface area contributed by atoms with E-state index in [1.165, 1.54) is 6.26 Å². The molecule has 24 heavy (non-hydrogen) atoms. The Morgan fingerprint density at radius 1 is 1.17 bits per heavy atom. The van der Waals surface area contributed by atoms with E-state index in [1.807, 2.05) is 6.07 Å². The van der Waals surface area contributed by atoms with Crippen molar-refractivity contribution in [2.75, 3.05) is 0 Å². The van der Waals surface area contributed by atoms with Crippen molar-refractivity contribution in [2.45, 2.75) is 37.6 Å². The van der Waals surface area contributed by atoms with Crippen LogP contribution in [-0.2, 0) is 9.47 Å². The lowest BCUT2D eigenvalue weighted by atomic mass is 9.48. The highest BCUT2D eigenvalue weighted by molar-refractivity contribution is 5.88. The zero-order valence-electron chi connectivity index (χ0n) is 12.8. The summed E-state index contributed by atoms with van der Waals surface area (Å²) in [5.74, 6) is -1.85. The number of fused-ring (bicyclic) bond motifs is 2. The summed E-state index contributed by atoms with van der Waals surface area (Å²) < 4.78 is 17.3. The first-order valence-electron chi connectivity index (χ1n) is 7.83. The molecule has 2 bridgehead atoms. The molecule has 0 aromatic carbocycles. The van der Waals surface area contributed by atoms with E-state index in [-0.39, 0.29) is 5.90 Å². The summed E-state index contributed by atoms with van der Waals surface area (Å²) in [5, 5.41) is 38.3. The Morgan fingerprint density at radius 2 is 1.96 bits per heavy atom. The molecule has 0 unspecified atom stereocenters. The van der Waals surface area contributed by atoms with E-state index in [2.05, 4.69) is 12.1 Å². The van der Waals surface area contributed by atoms with Crippen LogP contribution in [0.2, 0.25) is 0 Å². The van der Waals surface area contributed by atoms with Crippen LogP contribution in [0, 0.1) is 56.2 Å². The molecule has 4 fully saturated rings. The average molecular weight is 322 g/mol. The topological polar surface area (TPSA) is 127 Å². The number of rotatable bonds is 1. The fourth-order valence-corrected chi connectivity index (χ4v) is 4.54. The Morgan fingerprint density at radius 3 is 2.58 bits per heavy atom. The molecule has 1 aliphatic carbocycles. The summed E-state index contributed by atoms with van der Waals surface area (Å²) in [4.78, 5) is 0. The maximum absolute atomic E-state index is 10.00. The van der Waals surface area contributed by atoms with Gasteiger partial charge in [0.25, 0.3) is 0 Å². The molecule has 1 saturated carbocycles. The minimum absolute atomic E-state index is 0.322. The van der Waals surface area contributed by atoms with E-state index >= 15 is 0 Å². The summed E-state index contributed by atoms with van der Waals surface area (Å²) >= 11 is 0. The van der Waals surface area contributed by atoms with Gasteiger partial charge in [-0.25, -0.2) is 0 Å². The molecule has 0 amide bonds. The van der Waals surface area contributed by atoms with Crippen LogP contribution in [0.3, 0.4) is 0 Å². The highest BCUT2D eigenvalue weighted by atomic mass is 16.7. The predicted octanol–water partition coefficient (Wildman–Crippen LogP) is 2.79. The van der Waals surface area contributed by atoms with E-state index < -0.39 is 28.6 Å². The zero-order chi connectivity index (χ0) is 17.0. The lowest BCUT2D eigenvalue weighted by Gasteiger charge is -2.63. The average Bonchev–Trinajstić information content (AvgIpc) is 3.14. The van der Waals surface area contributed by atoms with Crippen molar-refractivity contribution in [3.63, 3.8) is 0 Å². The molecule has 1 aromatic heterocycles. The van der Waals surface area contributed by atoms with E-state index in [0.29, 0.717) is 18.6 Å². The van der Waals surface area contributed by atoms with Crippen molar-refractivity contribution in [2.24, 2.45) is 16.7 Å². The first-order valence-corrected chi connectivity index (χ1v) is 7.83. The largest absolute Gasteiger partial charge is 0.467 e. The highest BCUT2D eigenvalue weighted by Gasteiger charge is 2.80. The second-order valence-electron chi connectivity index (χ2n) is 6.51. The van der Waals surface area contributed by atoms with Gasteiger partial charge in [0.2, 0.25) is 11.7 Å². The van der Waals surface area contributed by atoms with E-state index in [9.17, 15) is 15.8 Å². The second kappa shape index (κ2) is 4.60. The molecule has 7 nitrogen and oxygen atoms in total. The molecule has 1 aromatic rings. The van der Waals surface area contributed by atoms with E-state index in [4.69, 9.17) is 19.3 Å². The van der Waals surface area contributed by atoms with Crippen LogP contribution in [0.5, 0.6) is 0 Å². The van der Waals surface area contributed by atoms with Crippen LogP contribution in [0.4, 0.5) is 0 Å². The van der Waals surface area contributed by atoms with Crippen LogP contribution in [0.1, 0.15) is 37.5 Å². The monoisotopic (exact) mass is 322 g/mol. The third-order valence-corrected chi connectivity index (χ3v) is 5.62. The molecule has 4 heterocycles. The maximum Gasteiger partial charge on any atom is 0.218 e. The summed E-state index contributed by atoms with van der Waals surface area (Å²) in [6.45, 7) is 0. The van der Waals surface area contributed by atoms with Gasteiger partial charge in [-0.05, 0) is 25.0 Å². The first kappa shape index (κ1) is 14.8. The molecule has 3 saturated heterocycles. The summed E-state index contributed by atoms with van der Waals surface area (Å²) in [5.41, 5.74) is -3.56. The summed E-state index contributed by atoms with van der Waals surface area (Å²) in [6.07, 6.45) is 3.07. The Labute approximate surface area is 138 Å². The van der Waals surface area contributed by atoms with Crippen molar-refractivity contribution in [3.05, 3.63) is 24.2 Å². The van der Waals surface area contributed by atoms with Crippen LogP contribution in [0.15, 0.2) is 22.8 Å². The van der Waals surface area contributed by atoms with Crippen LogP contribution in [0.25, 0.3) is 0 Å². The van der Waals surface area contributed by atoms with Crippen molar-refractivity contribution in [3.8, 4) is 18.2 Å². The predicted molar refractivity (Wildman–Crippen MR) is 77.7 cm³/mol. The standard InChI is InChI=1S/C17H14N4O3/c18-8-15(9-19)12-5-1-2-6-17(12)23-13(11-4-3-7-22-11)16(15,10-20)14(21)24-17/h3-4,7,12-13,21H,1-2,5-6H2/t12-,13+,16-,17+/m1/s1. The van der Waals surface area contributed by atoms with Crippen molar-refractivity contribution < 1.29 is 13.9 Å². The minimum atomic E-state index is -1.85. The molecular formula is C17H14N4O3. The van der Waals surface area contributed by atoms with Gasteiger partial charge in [-0.15, -0.1) is 0 Å². The number of hydrogen-bond donors (Lipinski definition) is 1. The number of furan rings is 1. The number of nitrogens with one attached hydrogen (secondary N) is 1. The molecule has 7 heteroatoms. The Balaban J connectivity index is 2.03. The lowest BCUT2D eigenvalue weighted by Crippen LogP contribution is -2.73. The van der Waals surface area contributed by atoms with E-state index in [0.717, 1.165) is 12.8 Å². The number of nitriles is 3. The van der Waals surface area contributed by atoms with Gasteiger partial charge in [-0.3, -0.25) is 5.41 Å². The maximum atomic E-state index is 10.00. The van der Waals surface area contributed by atoms with Crippen LogP contribution >= 0.6 is 0 Å². The normalized spacial score (nSPS) is 39.0. The van der Waals surface area contributed by atoms with Gasteiger partial charge in [0, 0.05) is 6.42 Å². The van der Waals surface area contributed by atoms with Gasteiger partial charge >= 0.3 is 0 Å². The second-order valence-corrected chi connectivity index (χ2v) is 6.51. The smallest absolute Gasteiger partial charge is 0.218 e. The molecular weight excluding hydrogens is 308 g/mol. The van der Waals surface area contributed by atoms with Crippen molar-refractivity contribution in [1.29, 1.82) is 21.2 Å². The van der Waals surface area contributed by atoms with Gasteiger partial charge in [0.05, 0.1) is 30.4 Å². The quantitative estimate of drug-likeness (QED) is 0.846. The third kappa shape index (κ3) is 1.36. The van der Waals surface area contributed by atoms with Gasteiger partial charge in [0.15, 0.2) is 10.8 Å². The first-order chi connectivity index (χ1) is 11.6. The molecule has 120 valence electrons. The SMILES string of the molecule is N#CC1(C#N)[C@H]2CCCC[C@]23OC(=N)[C@@]1(C#N)[C@H](c1ccco1)O3. The zero-order valence-corrected chi connectivity index (χ0v) is 12.8. The Bertz CT molecular complexity index is 813. The molecule has 4 aliphatic rings. The minimum Gasteiger partial charge on any atom is -0.467 e. The molecule has 3 aliphatic heterocycles. The fraction of sp³-hybridized carbons (Fsp3) is 0.529. The van der Waals surface area contributed by atoms with Crippen molar-refractivity contribution in [1.82, 2.24) is 0 Å². The Hall–Kier alpha value is -2.82. The van der Waals surface area contributed by atoms with Gasteiger partial charge in [-0.2, -0.15) is 15.8 Å². The van der Waals surface area contributed by atoms with Gasteiger partial charge in [0.1, 0.15) is 11.9 Å². The third-order valence-electron chi connectivity index (χ3n) is 5.62. The van der Waals surface area contributed by atoms with Gasteiger partial charge < -0.3 is 13.9 Å². The molecule has 5 rings (SSSR count). The highest BCUT2D eigenvalue weighted by Crippen LogP contribution is 2.69. The molecule has 1 spiro atoms. The summed E-state index contributed by atoms with van der Waals surface area (Å²) in [6, 6.07) is 9.47. The van der Waals surface area contributed by atoms with Crippen LogP contribution < -0.4 is 0 Å². The Kier molecular flexibility index (Phi) is 2.83. The molecule has 1 N–H and O–H groups in total. The number of hydrogen-bond acceptors (Lipinski definition) is 7. The lowest BCUT2D eigenvalue weighted by molar-refractivity contribution is -0.363. The van der Waals surface area contributed by atoms with E-state index in [1.54, 1.807) is 12.1 Å². The fourth-order valence-electron chi connectivity index (χ4n) is 4.54. The molecule has 0 radical (unpaired) electrons. The van der Waals surface area contributed by atoms with Crippen molar-refractivity contribution >= 4 is 5.90 Å². The number of nitrogens with zero attached hydrogens (tertiary/aromatic N) is 3. The number of ether oxygens (including phenoxy) is 2.